The first kappa shape index (κ1) is 24.9. The van der Waals surface area contributed by atoms with Crippen molar-refractivity contribution in [2.75, 3.05) is 13.7 Å². The Hall–Kier alpha value is -1.88. The minimum absolute atomic E-state index is 0.0207. The van der Waals surface area contributed by atoms with Crippen molar-refractivity contribution in [3.63, 3.8) is 0 Å². The first-order valence-electron chi connectivity index (χ1n) is 14.4. The summed E-state index contributed by atoms with van der Waals surface area (Å²) >= 11 is 0. The summed E-state index contributed by atoms with van der Waals surface area (Å²) in [7, 11) is 1.63. The Kier molecular flexibility index (Phi) is 4.43. The van der Waals surface area contributed by atoms with Crippen LogP contribution in [0.4, 0.5) is 0 Å². The van der Waals surface area contributed by atoms with Gasteiger partial charge in [0.15, 0.2) is 22.6 Å². The molecule has 8 fully saturated rings. The van der Waals surface area contributed by atoms with Crippen LogP contribution >= 0.6 is 0 Å². The van der Waals surface area contributed by atoms with Crippen molar-refractivity contribution in [3.8, 4) is 0 Å². The number of Topliss-reactive ketones (excluding diaryl/α,β-unsaturated/α-hetero) is 2. The highest BCUT2D eigenvalue weighted by Crippen LogP contribution is 2.75. The van der Waals surface area contributed by atoms with Gasteiger partial charge >= 0.3 is 11.9 Å². The Bertz CT molecular complexity index is 1250. The minimum Gasteiger partial charge on any atom is -0.458 e. The van der Waals surface area contributed by atoms with Crippen molar-refractivity contribution in [3.05, 3.63) is 0 Å². The summed E-state index contributed by atoms with van der Waals surface area (Å²) in [6, 6.07) is 0. The highest BCUT2D eigenvalue weighted by atomic mass is 16.8. The average Bonchev–Trinajstić information content (AvgIpc) is 3.21. The molecule has 5 heterocycles. The lowest BCUT2D eigenvalue weighted by Gasteiger charge is -2.63. The lowest BCUT2D eigenvalue weighted by molar-refractivity contribution is -0.377. The number of ether oxygens (including phenoxy) is 5. The first-order chi connectivity index (χ1) is 18.3. The minimum atomic E-state index is -2.17. The fourth-order valence-electron chi connectivity index (χ4n) is 11.1. The summed E-state index contributed by atoms with van der Waals surface area (Å²) in [5.41, 5.74) is -7.26. The zero-order chi connectivity index (χ0) is 27.5. The van der Waals surface area contributed by atoms with E-state index in [0.29, 0.717) is 25.7 Å². The maximum Gasteiger partial charge on any atom is 0.342 e. The monoisotopic (exact) mass is 544 g/mol. The molecule has 3 saturated carbocycles. The molecule has 8 rings (SSSR count). The average molecular weight is 545 g/mol. The highest BCUT2D eigenvalue weighted by Gasteiger charge is 2.93. The second-order valence-electron chi connectivity index (χ2n) is 14.2. The fourth-order valence-corrected chi connectivity index (χ4v) is 11.1. The number of ketones is 2. The Balaban J connectivity index is 1.37. The maximum atomic E-state index is 14.9. The molecule has 13 atom stereocenters. The van der Waals surface area contributed by atoms with Gasteiger partial charge < -0.3 is 28.8 Å². The van der Waals surface area contributed by atoms with Crippen molar-refractivity contribution in [2.24, 2.45) is 40.4 Å². The van der Waals surface area contributed by atoms with Gasteiger partial charge in [-0.05, 0) is 62.7 Å². The van der Waals surface area contributed by atoms with Crippen molar-refractivity contribution in [2.45, 2.75) is 101 Å². The smallest absolute Gasteiger partial charge is 0.342 e. The second-order valence-corrected chi connectivity index (χ2v) is 14.2. The van der Waals surface area contributed by atoms with E-state index in [1.165, 1.54) is 0 Å². The fraction of sp³-hybridized carbons (Fsp3) is 0.862. The van der Waals surface area contributed by atoms with Crippen LogP contribution < -0.4 is 0 Å². The van der Waals surface area contributed by atoms with E-state index in [0.717, 1.165) is 6.42 Å². The summed E-state index contributed by atoms with van der Waals surface area (Å²) in [4.78, 5) is 55.9. The molecule has 3 aliphatic carbocycles. The van der Waals surface area contributed by atoms with Crippen LogP contribution in [-0.2, 0) is 42.9 Å². The molecule has 5 aliphatic heterocycles. The van der Waals surface area contributed by atoms with Crippen molar-refractivity contribution in [1.82, 2.24) is 0 Å². The second kappa shape index (κ2) is 6.94. The molecule has 0 aromatic rings. The Labute approximate surface area is 226 Å². The number of esters is 2. The van der Waals surface area contributed by atoms with Crippen LogP contribution in [0.1, 0.15) is 65.7 Å². The molecule has 10 nitrogen and oxygen atoms in total. The number of aliphatic hydroxyl groups is 1. The molecule has 1 unspecified atom stereocenters. The molecule has 0 amide bonds. The number of carbonyl (C=O) groups is 4. The van der Waals surface area contributed by atoms with Gasteiger partial charge in [-0.3, -0.25) is 14.4 Å². The molecule has 5 saturated heterocycles. The van der Waals surface area contributed by atoms with Crippen LogP contribution in [0.25, 0.3) is 0 Å². The van der Waals surface area contributed by atoms with Gasteiger partial charge in [0.05, 0.1) is 24.5 Å². The molecule has 10 heteroatoms. The van der Waals surface area contributed by atoms with Gasteiger partial charge in [-0.1, -0.05) is 13.8 Å². The van der Waals surface area contributed by atoms with Crippen LogP contribution in [0, 0.1) is 40.4 Å². The van der Waals surface area contributed by atoms with Gasteiger partial charge in [-0.15, -0.1) is 0 Å². The predicted molar refractivity (Wildman–Crippen MR) is 129 cm³/mol. The topological polar surface area (TPSA) is 135 Å². The Morgan fingerprint density at radius 3 is 2.54 bits per heavy atom. The van der Waals surface area contributed by atoms with E-state index in [1.54, 1.807) is 14.0 Å². The quantitative estimate of drug-likeness (QED) is 0.484. The molecule has 39 heavy (non-hydrogen) atoms. The third-order valence-electron chi connectivity index (χ3n) is 13.2. The first-order valence-corrected chi connectivity index (χ1v) is 14.4. The van der Waals surface area contributed by atoms with E-state index in [-0.39, 0.29) is 49.0 Å². The lowest BCUT2D eigenvalue weighted by Crippen LogP contribution is -2.79. The van der Waals surface area contributed by atoms with Crippen LogP contribution in [0.5, 0.6) is 0 Å². The van der Waals surface area contributed by atoms with E-state index < -0.39 is 69.2 Å². The van der Waals surface area contributed by atoms with Crippen molar-refractivity contribution >= 4 is 23.5 Å². The standard InChI is InChI=1S/C29H36O10/c1-24-11-19-26(3)29-20(24)21(31)28(39-29,36-12-17(24)22(32)37-19)16-6-5-13-9-14(35-4)10-18(30)25(13,2)15(16)7-8-27(29,34)23(33)38-26/h13-17,19-20,34H,5-12H2,1-4H3/t13-,14-,15-,16+,17-,19+,20?,24+,25-,26-,27+,28-,29-/m0/s1. The summed E-state index contributed by atoms with van der Waals surface area (Å²) in [5.74, 6) is -5.99. The van der Waals surface area contributed by atoms with Crippen molar-refractivity contribution < 1.29 is 48.0 Å². The molecular weight excluding hydrogens is 508 g/mol. The van der Waals surface area contributed by atoms with Crippen LogP contribution in [0.3, 0.4) is 0 Å². The molecule has 0 radical (unpaired) electrons. The van der Waals surface area contributed by atoms with E-state index >= 15 is 0 Å². The van der Waals surface area contributed by atoms with Crippen LogP contribution in [0.2, 0.25) is 0 Å². The number of carbonyl (C=O) groups excluding carboxylic acids is 4. The molecular formula is C29H36O10. The van der Waals surface area contributed by atoms with E-state index in [4.69, 9.17) is 23.7 Å². The largest absolute Gasteiger partial charge is 0.458 e. The van der Waals surface area contributed by atoms with Gasteiger partial charge in [-0.25, -0.2) is 4.79 Å². The summed E-state index contributed by atoms with van der Waals surface area (Å²) in [6.07, 6.45) is 1.89. The summed E-state index contributed by atoms with van der Waals surface area (Å²) in [6.45, 7) is 5.42. The zero-order valence-electron chi connectivity index (χ0n) is 22.8. The lowest BCUT2D eigenvalue weighted by atomic mass is 9.46. The zero-order valence-corrected chi connectivity index (χ0v) is 22.8. The highest BCUT2D eigenvalue weighted by molar-refractivity contribution is 5.99. The van der Waals surface area contributed by atoms with Gasteiger partial charge in [0.1, 0.15) is 11.9 Å². The molecule has 8 aliphatic rings. The number of methoxy groups -OCH3 is 1. The third kappa shape index (κ3) is 2.30. The van der Waals surface area contributed by atoms with Gasteiger partial charge in [0.25, 0.3) is 0 Å². The maximum absolute atomic E-state index is 14.9. The molecule has 2 spiro atoms. The van der Waals surface area contributed by atoms with E-state index in [2.05, 4.69) is 0 Å². The van der Waals surface area contributed by atoms with Gasteiger partial charge in [0, 0.05) is 24.9 Å². The van der Waals surface area contributed by atoms with Crippen LogP contribution in [-0.4, -0.2) is 77.1 Å². The normalized spacial score (nSPS) is 60.5. The summed E-state index contributed by atoms with van der Waals surface area (Å²) < 4.78 is 30.9. The third-order valence-corrected chi connectivity index (χ3v) is 13.2. The number of fused-ring (bicyclic) bond motifs is 5. The SMILES string of the molecule is CO[C@@H]1CC(=O)[C@@]2(C)[C@@H](CC[C@@H]3[C@@H]2CC[C@@]2(O)C(=O)O[C@@]4(C)[C@H]5C[C@@]6(C)C7C(=O)[C@@]3(OC[C@H]6C(=O)O5)O[C@]724)C1. The predicted octanol–water partition coefficient (Wildman–Crippen LogP) is 1.49. The number of hydrogen-bond acceptors (Lipinski definition) is 10. The van der Waals surface area contributed by atoms with E-state index in [1.807, 2.05) is 13.8 Å². The Morgan fingerprint density at radius 2 is 1.79 bits per heavy atom. The number of rotatable bonds is 1. The van der Waals surface area contributed by atoms with Crippen LogP contribution in [0.15, 0.2) is 0 Å². The number of hydrogen-bond donors (Lipinski definition) is 1. The molecule has 1 N–H and O–H groups in total. The van der Waals surface area contributed by atoms with Gasteiger partial charge in [-0.2, -0.15) is 0 Å². The molecule has 0 aromatic carbocycles. The van der Waals surface area contributed by atoms with Crippen molar-refractivity contribution in [1.29, 1.82) is 0 Å². The Morgan fingerprint density at radius 1 is 1.03 bits per heavy atom. The van der Waals surface area contributed by atoms with Gasteiger partial charge in [0.2, 0.25) is 5.79 Å². The molecule has 0 aromatic heterocycles. The molecule has 212 valence electrons. The molecule has 5 bridgehead atoms. The summed E-state index contributed by atoms with van der Waals surface area (Å²) in [5, 5.41) is 12.5. The van der Waals surface area contributed by atoms with E-state index in [9.17, 15) is 24.3 Å².